The van der Waals surface area contributed by atoms with Gasteiger partial charge in [0.15, 0.2) is 5.78 Å². The van der Waals surface area contributed by atoms with E-state index in [1.165, 1.54) is 6.08 Å². The van der Waals surface area contributed by atoms with E-state index in [-0.39, 0.29) is 25.0 Å². The molecule has 0 saturated heterocycles. The molecule has 1 rings (SSSR count). The van der Waals surface area contributed by atoms with Crippen LogP contribution in [0.25, 0.3) is 0 Å². The van der Waals surface area contributed by atoms with Crippen LogP contribution in [-0.4, -0.2) is 5.78 Å². The van der Waals surface area contributed by atoms with Crippen molar-refractivity contribution < 1.29 is 31.1 Å². The van der Waals surface area contributed by atoms with Gasteiger partial charge in [-0.1, -0.05) is 6.08 Å². The van der Waals surface area contributed by atoms with Crippen molar-refractivity contribution >= 4 is 5.78 Å². The number of ketones is 1. The fourth-order valence-corrected chi connectivity index (χ4v) is 1.57. The zero-order chi connectivity index (χ0) is 15.6. The number of Topliss-reactive ketones (excluding diaryl/α,β-unsaturated/α-hetero) is 1. The summed E-state index contributed by atoms with van der Waals surface area (Å²) in [5, 5.41) is 0. The number of carbonyl (C=O) groups is 1. The van der Waals surface area contributed by atoms with Gasteiger partial charge in [-0.2, -0.15) is 26.3 Å². The molecule has 1 aromatic carbocycles. The Bertz CT molecular complexity index is 513. The van der Waals surface area contributed by atoms with Crippen molar-refractivity contribution in [3.05, 3.63) is 47.5 Å². The molecule has 0 unspecified atom stereocenters. The number of carbonyl (C=O) groups excluding carboxylic acids is 1. The Morgan fingerprint density at radius 3 is 2.15 bits per heavy atom. The van der Waals surface area contributed by atoms with Crippen molar-refractivity contribution in [3.8, 4) is 0 Å². The van der Waals surface area contributed by atoms with E-state index in [2.05, 4.69) is 6.58 Å². The summed E-state index contributed by atoms with van der Waals surface area (Å²) < 4.78 is 75.6. The van der Waals surface area contributed by atoms with E-state index in [0.717, 1.165) is 0 Å². The predicted octanol–water partition coefficient (Wildman–Crippen LogP) is 4.87. The van der Waals surface area contributed by atoms with E-state index in [1.54, 1.807) is 0 Å². The number of benzene rings is 1. The van der Waals surface area contributed by atoms with Gasteiger partial charge in [-0.15, -0.1) is 6.58 Å². The average Bonchev–Trinajstić information content (AvgIpc) is 2.33. The molecule has 0 aromatic heterocycles. The van der Waals surface area contributed by atoms with Crippen molar-refractivity contribution in [2.24, 2.45) is 0 Å². The molecule has 0 aliphatic heterocycles. The highest BCUT2D eigenvalue weighted by atomic mass is 19.4. The lowest BCUT2D eigenvalue weighted by Gasteiger charge is -2.14. The van der Waals surface area contributed by atoms with Crippen LogP contribution in [0.2, 0.25) is 0 Å². The van der Waals surface area contributed by atoms with Gasteiger partial charge >= 0.3 is 12.4 Å². The Hall–Kier alpha value is -1.79. The number of hydrogen-bond donors (Lipinski definition) is 0. The Kier molecular flexibility index (Phi) is 4.62. The second kappa shape index (κ2) is 5.68. The van der Waals surface area contributed by atoms with Gasteiger partial charge in [0.1, 0.15) is 0 Å². The van der Waals surface area contributed by atoms with Crippen LogP contribution < -0.4 is 0 Å². The predicted molar refractivity (Wildman–Crippen MR) is 60.2 cm³/mol. The molecule has 0 saturated carbocycles. The summed E-state index contributed by atoms with van der Waals surface area (Å²) in [7, 11) is 0. The molecule has 0 spiro atoms. The summed E-state index contributed by atoms with van der Waals surface area (Å²) in [6.45, 7) is 3.30. The molecule has 0 atom stereocenters. The molecular weight excluding hydrogens is 286 g/mol. The summed E-state index contributed by atoms with van der Waals surface area (Å²) in [4.78, 5) is 11.6. The van der Waals surface area contributed by atoms with Crippen molar-refractivity contribution in [3.63, 3.8) is 0 Å². The topological polar surface area (TPSA) is 17.1 Å². The van der Waals surface area contributed by atoms with Crippen LogP contribution in [0.5, 0.6) is 0 Å². The van der Waals surface area contributed by atoms with Crippen LogP contribution in [-0.2, 0) is 12.4 Å². The first kappa shape index (κ1) is 16.3. The summed E-state index contributed by atoms with van der Waals surface area (Å²) in [6, 6.07) is 0.839. The molecule has 0 heterocycles. The number of rotatable bonds is 4. The first-order valence-corrected chi connectivity index (χ1v) is 5.50. The minimum absolute atomic E-state index is 0.0897. The number of hydrogen-bond acceptors (Lipinski definition) is 1. The normalized spacial score (nSPS) is 12.3. The molecule has 0 N–H and O–H groups in total. The Morgan fingerprint density at radius 1 is 1.10 bits per heavy atom. The third kappa shape index (κ3) is 3.85. The maximum atomic E-state index is 12.7. The standard InChI is InChI=1S/C13H10F6O/c1-2-3-4-11(20)9-7-8(12(14,15)16)5-6-10(9)13(17,18)19/h2,5-7H,1,3-4H2. The second-order valence-corrected chi connectivity index (χ2v) is 4.01. The second-order valence-electron chi connectivity index (χ2n) is 4.01. The van der Waals surface area contributed by atoms with Gasteiger partial charge in [0.05, 0.1) is 11.1 Å². The third-order valence-electron chi connectivity index (χ3n) is 2.53. The Morgan fingerprint density at radius 2 is 1.70 bits per heavy atom. The monoisotopic (exact) mass is 296 g/mol. The van der Waals surface area contributed by atoms with Gasteiger partial charge < -0.3 is 0 Å². The van der Waals surface area contributed by atoms with Crippen LogP contribution in [0.3, 0.4) is 0 Å². The zero-order valence-electron chi connectivity index (χ0n) is 10.1. The summed E-state index contributed by atoms with van der Waals surface area (Å²) in [5.74, 6) is -0.997. The van der Waals surface area contributed by atoms with Gasteiger partial charge in [-0.3, -0.25) is 4.79 Å². The van der Waals surface area contributed by atoms with Crippen molar-refractivity contribution in [1.82, 2.24) is 0 Å². The minimum atomic E-state index is -4.89. The van der Waals surface area contributed by atoms with Crippen molar-refractivity contribution in [2.75, 3.05) is 0 Å². The first-order valence-electron chi connectivity index (χ1n) is 5.50. The average molecular weight is 296 g/mol. The molecule has 110 valence electrons. The Labute approximate surface area is 110 Å². The largest absolute Gasteiger partial charge is 0.417 e. The van der Waals surface area contributed by atoms with E-state index < -0.39 is 34.8 Å². The van der Waals surface area contributed by atoms with E-state index >= 15 is 0 Å². The van der Waals surface area contributed by atoms with E-state index in [1.807, 2.05) is 0 Å². The summed E-state index contributed by atoms with van der Waals surface area (Å²) >= 11 is 0. The smallest absolute Gasteiger partial charge is 0.294 e. The van der Waals surface area contributed by atoms with Crippen LogP contribution in [0.15, 0.2) is 30.9 Å². The van der Waals surface area contributed by atoms with Crippen LogP contribution in [0.4, 0.5) is 26.3 Å². The van der Waals surface area contributed by atoms with Gasteiger partial charge in [-0.25, -0.2) is 0 Å². The molecule has 0 bridgehead atoms. The van der Waals surface area contributed by atoms with Crippen LogP contribution in [0.1, 0.15) is 34.3 Å². The van der Waals surface area contributed by atoms with Crippen LogP contribution in [0, 0.1) is 0 Å². The molecule has 0 radical (unpaired) electrons. The third-order valence-corrected chi connectivity index (χ3v) is 2.53. The highest BCUT2D eigenvalue weighted by Gasteiger charge is 2.38. The molecular formula is C13H10F6O. The maximum Gasteiger partial charge on any atom is 0.417 e. The number of alkyl halides is 6. The highest BCUT2D eigenvalue weighted by molar-refractivity contribution is 5.98. The molecule has 0 fully saturated rings. The first-order chi connectivity index (χ1) is 9.07. The van der Waals surface area contributed by atoms with E-state index in [9.17, 15) is 31.1 Å². The lowest BCUT2D eigenvalue weighted by Crippen LogP contribution is -2.15. The van der Waals surface area contributed by atoms with Crippen molar-refractivity contribution in [2.45, 2.75) is 25.2 Å². The van der Waals surface area contributed by atoms with E-state index in [4.69, 9.17) is 0 Å². The number of allylic oxidation sites excluding steroid dienone is 1. The molecule has 1 aromatic rings. The SMILES string of the molecule is C=CCCC(=O)c1cc(C(F)(F)F)ccc1C(F)(F)F. The van der Waals surface area contributed by atoms with Gasteiger partial charge in [0.2, 0.25) is 0 Å². The zero-order valence-corrected chi connectivity index (χ0v) is 10.1. The highest BCUT2D eigenvalue weighted by Crippen LogP contribution is 2.37. The lowest BCUT2D eigenvalue weighted by atomic mass is 9.97. The molecule has 1 nitrogen and oxygen atoms in total. The van der Waals surface area contributed by atoms with Gasteiger partial charge in [0.25, 0.3) is 0 Å². The fraction of sp³-hybridized carbons (Fsp3) is 0.308. The van der Waals surface area contributed by atoms with Gasteiger partial charge in [0, 0.05) is 12.0 Å². The molecule has 20 heavy (non-hydrogen) atoms. The number of halogens is 6. The molecule has 0 amide bonds. The minimum Gasteiger partial charge on any atom is -0.294 e. The molecule has 0 aliphatic carbocycles. The molecule has 0 aliphatic rings. The quantitative estimate of drug-likeness (QED) is 0.440. The van der Waals surface area contributed by atoms with Crippen molar-refractivity contribution in [1.29, 1.82) is 0 Å². The fourth-order valence-electron chi connectivity index (χ4n) is 1.57. The Balaban J connectivity index is 3.34. The van der Waals surface area contributed by atoms with Crippen LogP contribution >= 0.6 is 0 Å². The maximum absolute atomic E-state index is 12.7. The van der Waals surface area contributed by atoms with E-state index in [0.29, 0.717) is 6.07 Å². The summed E-state index contributed by atoms with van der Waals surface area (Å²) in [5.41, 5.74) is -3.61. The molecule has 7 heteroatoms. The summed E-state index contributed by atoms with van der Waals surface area (Å²) in [6.07, 6.45) is -8.63. The van der Waals surface area contributed by atoms with Gasteiger partial charge in [-0.05, 0) is 24.6 Å². The lowest BCUT2D eigenvalue weighted by molar-refractivity contribution is -0.141.